The van der Waals surface area contributed by atoms with Crippen molar-refractivity contribution in [2.24, 2.45) is 0 Å². The molecule has 22 heavy (non-hydrogen) atoms. The molecule has 3 aliphatic rings. The zero-order valence-electron chi connectivity index (χ0n) is 13.5. The maximum absolute atomic E-state index is 6.61. The summed E-state index contributed by atoms with van der Waals surface area (Å²) in [5.74, 6) is 1.03. The predicted octanol–water partition coefficient (Wildman–Crippen LogP) is 3.21. The molecule has 1 aromatic heterocycles. The van der Waals surface area contributed by atoms with E-state index >= 15 is 0 Å². The van der Waals surface area contributed by atoms with Crippen LogP contribution in [-0.2, 0) is 4.74 Å². The molecule has 0 bridgehead atoms. The number of ether oxygens (including phenoxy) is 1. The third kappa shape index (κ3) is 2.93. The van der Waals surface area contributed by atoms with E-state index in [2.05, 4.69) is 20.1 Å². The number of nitrogens with one attached hydrogen (secondary N) is 1. The highest BCUT2D eigenvalue weighted by atomic mass is 16.5. The first-order chi connectivity index (χ1) is 10.8. The van der Waals surface area contributed by atoms with Crippen LogP contribution < -0.4 is 0 Å². The van der Waals surface area contributed by atoms with Gasteiger partial charge in [0.15, 0.2) is 0 Å². The summed E-state index contributed by atoms with van der Waals surface area (Å²) in [5, 5.41) is 7.07. The van der Waals surface area contributed by atoms with Crippen molar-refractivity contribution >= 4 is 0 Å². The average molecular weight is 304 g/mol. The quantitative estimate of drug-likeness (QED) is 0.931. The van der Waals surface area contributed by atoms with Crippen molar-refractivity contribution in [3.8, 4) is 0 Å². The summed E-state index contributed by atoms with van der Waals surface area (Å²) in [5.41, 5.74) is 0.225. The number of nitrogens with zero attached hydrogens (tertiary/aromatic N) is 3. The van der Waals surface area contributed by atoms with E-state index in [9.17, 15) is 0 Å². The summed E-state index contributed by atoms with van der Waals surface area (Å²) in [4.78, 5) is 6.93. The van der Waals surface area contributed by atoms with Crippen LogP contribution in [0.1, 0.15) is 76.1 Å². The van der Waals surface area contributed by atoms with E-state index in [0.29, 0.717) is 12.1 Å². The largest absolute Gasteiger partial charge is 0.370 e. The van der Waals surface area contributed by atoms with Gasteiger partial charge in [-0.1, -0.05) is 25.7 Å². The molecule has 1 spiro atoms. The minimum absolute atomic E-state index is 0.225. The Bertz CT molecular complexity index is 467. The molecular weight excluding hydrogens is 276 g/mol. The van der Waals surface area contributed by atoms with Crippen LogP contribution in [0.25, 0.3) is 0 Å². The first-order valence-electron chi connectivity index (χ1n) is 9.12. The van der Waals surface area contributed by atoms with E-state index in [4.69, 9.17) is 4.74 Å². The van der Waals surface area contributed by atoms with Gasteiger partial charge in [0.25, 0.3) is 0 Å². The van der Waals surface area contributed by atoms with Crippen LogP contribution in [-0.4, -0.2) is 44.9 Å². The maximum Gasteiger partial charge on any atom is 0.141 e. The van der Waals surface area contributed by atoms with Crippen molar-refractivity contribution in [3.63, 3.8) is 0 Å². The van der Waals surface area contributed by atoms with Crippen molar-refractivity contribution in [1.82, 2.24) is 20.1 Å². The predicted molar refractivity (Wildman–Crippen MR) is 84.5 cm³/mol. The topological polar surface area (TPSA) is 54.0 Å². The molecule has 1 N–H and O–H groups in total. The van der Waals surface area contributed by atoms with Gasteiger partial charge in [-0.25, -0.2) is 4.98 Å². The van der Waals surface area contributed by atoms with Crippen LogP contribution in [0.4, 0.5) is 0 Å². The summed E-state index contributed by atoms with van der Waals surface area (Å²) in [7, 11) is 0. The Labute approximate surface area is 132 Å². The van der Waals surface area contributed by atoms with Crippen molar-refractivity contribution in [1.29, 1.82) is 0 Å². The average Bonchev–Trinajstić information content (AvgIpc) is 3.21. The summed E-state index contributed by atoms with van der Waals surface area (Å²) in [6.07, 6.45) is 15.1. The van der Waals surface area contributed by atoms with Crippen LogP contribution in [0, 0.1) is 0 Å². The summed E-state index contributed by atoms with van der Waals surface area (Å²) in [6, 6.07) is 0.414. The zero-order chi connectivity index (χ0) is 14.8. The number of aromatic nitrogens is 3. The normalized spacial score (nSPS) is 32.5. The van der Waals surface area contributed by atoms with Crippen LogP contribution in [0.2, 0.25) is 0 Å². The number of aromatic amines is 1. The van der Waals surface area contributed by atoms with E-state index < -0.39 is 0 Å². The molecule has 2 atom stereocenters. The number of rotatable bonds is 3. The minimum Gasteiger partial charge on any atom is -0.370 e. The van der Waals surface area contributed by atoms with E-state index in [1.165, 1.54) is 64.2 Å². The minimum atomic E-state index is 0.225. The molecule has 5 heteroatoms. The third-order valence-electron chi connectivity index (χ3n) is 5.90. The lowest BCUT2D eigenvalue weighted by atomic mass is 9.91. The zero-order valence-corrected chi connectivity index (χ0v) is 13.5. The molecule has 0 aromatic carbocycles. The molecule has 5 nitrogen and oxygen atoms in total. The van der Waals surface area contributed by atoms with Gasteiger partial charge < -0.3 is 4.74 Å². The summed E-state index contributed by atoms with van der Waals surface area (Å²) >= 11 is 0. The van der Waals surface area contributed by atoms with Gasteiger partial charge >= 0.3 is 0 Å². The molecular formula is C17H28N4O. The molecule has 2 saturated heterocycles. The summed E-state index contributed by atoms with van der Waals surface area (Å²) in [6.45, 7) is 2.23. The fourth-order valence-corrected chi connectivity index (χ4v) is 4.76. The molecule has 3 heterocycles. The Kier molecular flexibility index (Phi) is 4.18. The van der Waals surface area contributed by atoms with Gasteiger partial charge in [-0.2, -0.15) is 5.10 Å². The molecule has 1 aliphatic carbocycles. The highest BCUT2D eigenvalue weighted by Gasteiger charge is 2.41. The number of likely N-dealkylation sites (tertiary alicyclic amines) is 1. The van der Waals surface area contributed by atoms with Crippen molar-refractivity contribution < 1.29 is 4.74 Å². The Morgan fingerprint density at radius 2 is 2.00 bits per heavy atom. The Balaban J connectivity index is 1.37. The number of hydrogen-bond acceptors (Lipinski definition) is 4. The number of H-pyrrole nitrogens is 1. The van der Waals surface area contributed by atoms with Crippen LogP contribution in [0.5, 0.6) is 0 Å². The molecule has 3 fully saturated rings. The Morgan fingerprint density at radius 1 is 1.14 bits per heavy atom. The molecule has 1 aromatic rings. The Hall–Kier alpha value is -0.940. The lowest BCUT2D eigenvalue weighted by Gasteiger charge is -2.30. The van der Waals surface area contributed by atoms with E-state index in [1.807, 2.05) is 0 Å². The van der Waals surface area contributed by atoms with Crippen LogP contribution in [0.15, 0.2) is 6.33 Å². The van der Waals surface area contributed by atoms with Gasteiger partial charge in [0.05, 0.1) is 17.7 Å². The Morgan fingerprint density at radius 3 is 2.77 bits per heavy atom. The summed E-state index contributed by atoms with van der Waals surface area (Å²) < 4.78 is 6.61. The molecule has 0 radical (unpaired) electrons. The van der Waals surface area contributed by atoms with Crippen molar-refractivity contribution in [3.05, 3.63) is 12.2 Å². The standard InChI is InChI=1S/C17H28N4O/c1-2-4-9-17(8-3-1)10-7-14(22-17)12-21-11-5-6-15(21)16-18-13-19-20-16/h13-15H,1-12H2,(H,18,19,20)/t14?,15-/m0/s1. The first-order valence-corrected chi connectivity index (χ1v) is 9.12. The second kappa shape index (κ2) is 6.28. The fraction of sp³-hybridized carbons (Fsp3) is 0.882. The molecule has 4 rings (SSSR count). The lowest BCUT2D eigenvalue weighted by Crippen LogP contribution is -2.35. The molecule has 1 unspecified atom stereocenters. The van der Waals surface area contributed by atoms with E-state index in [-0.39, 0.29) is 5.60 Å². The molecule has 1 saturated carbocycles. The highest BCUT2D eigenvalue weighted by molar-refractivity contribution is 4.98. The van der Waals surface area contributed by atoms with Gasteiger partial charge in [0, 0.05) is 6.54 Å². The maximum atomic E-state index is 6.61. The van der Waals surface area contributed by atoms with Crippen LogP contribution in [0.3, 0.4) is 0 Å². The monoisotopic (exact) mass is 304 g/mol. The first kappa shape index (κ1) is 14.6. The molecule has 0 amide bonds. The van der Waals surface area contributed by atoms with Gasteiger partial charge in [0.2, 0.25) is 0 Å². The van der Waals surface area contributed by atoms with Gasteiger partial charge in [-0.3, -0.25) is 10.00 Å². The highest BCUT2D eigenvalue weighted by Crippen LogP contribution is 2.42. The second-order valence-electron chi connectivity index (χ2n) is 7.40. The van der Waals surface area contributed by atoms with Gasteiger partial charge in [-0.05, 0) is 45.1 Å². The van der Waals surface area contributed by atoms with Gasteiger partial charge in [-0.15, -0.1) is 0 Å². The smallest absolute Gasteiger partial charge is 0.141 e. The third-order valence-corrected chi connectivity index (χ3v) is 5.90. The molecule has 2 aliphatic heterocycles. The van der Waals surface area contributed by atoms with E-state index in [1.54, 1.807) is 6.33 Å². The van der Waals surface area contributed by atoms with E-state index in [0.717, 1.165) is 18.9 Å². The number of hydrogen-bond donors (Lipinski definition) is 1. The van der Waals surface area contributed by atoms with Crippen molar-refractivity contribution in [2.75, 3.05) is 13.1 Å². The van der Waals surface area contributed by atoms with Crippen molar-refractivity contribution in [2.45, 2.75) is 82.0 Å². The lowest BCUT2D eigenvalue weighted by molar-refractivity contribution is -0.0616. The fourth-order valence-electron chi connectivity index (χ4n) is 4.76. The molecule has 122 valence electrons. The second-order valence-corrected chi connectivity index (χ2v) is 7.40. The SMILES string of the molecule is c1n[nH]c([C@@H]2CCCN2CC2CCC3(CCCCCC3)O2)n1. The van der Waals surface area contributed by atoms with Gasteiger partial charge in [0.1, 0.15) is 12.2 Å². The van der Waals surface area contributed by atoms with Crippen LogP contribution >= 0.6 is 0 Å².